The van der Waals surface area contributed by atoms with Gasteiger partial charge in [-0.25, -0.2) is 13.9 Å². The van der Waals surface area contributed by atoms with E-state index < -0.39 is 28.3 Å². The number of alkyl halides is 3. The summed E-state index contributed by atoms with van der Waals surface area (Å²) in [5.41, 5.74) is 2.83. The zero-order valence-electron chi connectivity index (χ0n) is 18.2. The molecular weight excluding hydrogens is 473 g/mol. The van der Waals surface area contributed by atoms with E-state index in [-0.39, 0.29) is 29.0 Å². The highest BCUT2D eigenvalue weighted by Crippen LogP contribution is 2.42. The maximum absolute atomic E-state index is 13.5. The third-order valence-electron chi connectivity index (χ3n) is 6.66. The molecule has 2 aromatic carbocycles. The fraction of sp³-hybridized carbons (Fsp3) is 0.435. The van der Waals surface area contributed by atoms with Crippen molar-refractivity contribution in [2.24, 2.45) is 11.8 Å². The second kappa shape index (κ2) is 9.55. The van der Waals surface area contributed by atoms with Crippen molar-refractivity contribution in [2.75, 3.05) is 6.54 Å². The molecule has 1 aliphatic heterocycles. The van der Waals surface area contributed by atoms with Crippen molar-refractivity contribution >= 4 is 15.9 Å². The number of ether oxygens (including phenoxy) is 1. The maximum atomic E-state index is 13.5. The molecule has 0 aromatic heterocycles. The number of sulfonamides is 1. The van der Waals surface area contributed by atoms with Crippen LogP contribution in [-0.4, -0.2) is 42.8 Å². The number of nitrogens with zero attached hydrogens (tertiary/aromatic N) is 1. The van der Waals surface area contributed by atoms with Gasteiger partial charge >= 0.3 is 6.36 Å². The Bertz CT molecular complexity index is 1120. The van der Waals surface area contributed by atoms with Gasteiger partial charge in [-0.05, 0) is 60.1 Å². The summed E-state index contributed by atoms with van der Waals surface area (Å²) in [6.07, 6.45) is -0.507. The van der Waals surface area contributed by atoms with E-state index >= 15 is 0 Å². The van der Waals surface area contributed by atoms with Gasteiger partial charge in [-0.15, -0.1) is 13.2 Å². The second-order valence-electron chi connectivity index (χ2n) is 8.63. The molecule has 34 heavy (non-hydrogen) atoms. The molecule has 1 saturated carbocycles. The van der Waals surface area contributed by atoms with E-state index in [9.17, 15) is 31.6 Å². The van der Waals surface area contributed by atoms with E-state index in [4.69, 9.17) is 0 Å². The molecule has 0 spiro atoms. The number of carbonyl (C=O) groups is 1. The van der Waals surface area contributed by atoms with Crippen LogP contribution in [0.15, 0.2) is 53.4 Å². The van der Waals surface area contributed by atoms with Crippen molar-refractivity contribution < 1.29 is 36.3 Å². The topological polar surface area (TPSA) is 95.9 Å². The van der Waals surface area contributed by atoms with Gasteiger partial charge in [0.1, 0.15) is 11.8 Å². The van der Waals surface area contributed by atoms with Crippen LogP contribution in [0, 0.1) is 11.8 Å². The molecule has 0 bridgehead atoms. The molecule has 2 fully saturated rings. The molecule has 184 valence electrons. The quantitative estimate of drug-likeness (QED) is 0.473. The summed E-state index contributed by atoms with van der Waals surface area (Å²) >= 11 is 0. The van der Waals surface area contributed by atoms with E-state index in [0.717, 1.165) is 25.7 Å². The Kier molecular flexibility index (Phi) is 6.88. The van der Waals surface area contributed by atoms with Crippen molar-refractivity contribution in [2.45, 2.75) is 49.4 Å². The van der Waals surface area contributed by atoms with Crippen molar-refractivity contribution in [1.82, 2.24) is 9.79 Å². The van der Waals surface area contributed by atoms with Gasteiger partial charge in [-0.1, -0.05) is 43.5 Å². The van der Waals surface area contributed by atoms with E-state index in [0.29, 0.717) is 17.5 Å². The second-order valence-corrected chi connectivity index (χ2v) is 10.5. The van der Waals surface area contributed by atoms with Crippen LogP contribution in [0.2, 0.25) is 0 Å². The van der Waals surface area contributed by atoms with Crippen molar-refractivity contribution in [3.05, 3.63) is 48.5 Å². The highest BCUT2D eigenvalue weighted by Gasteiger charge is 2.47. The van der Waals surface area contributed by atoms with E-state index in [1.54, 1.807) is 17.6 Å². The monoisotopic (exact) mass is 498 g/mol. The lowest BCUT2D eigenvalue weighted by atomic mass is 9.71. The Morgan fingerprint density at radius 1 is 0.971 bits per heavy atom. The number of hydrogen-bond donors (Lipinski definition) is 2. The molecule has 0 radical (unpaired) electrons. The van der Waals surface area contributed by atoms with Gasteiger partial charge in [0, 0.05) is 6.54 Å². The smallest absolute Gasteiger partial charge is 0.406 e. The minimum Gasteiger partial charge on any atom is -0.406 e. The number of piperidine rings is 1. The maximum Gasteiger partial charge on any atom is 0.573 e. The van der Waals surface area contributed by atoms with Crippen LogP contribution in [0.5, 0.6) is 5.75 Å². The number of nitrogens with one attached hydrogen (secondary N) is 1. The summed E-state index contributed by atoms with van der Waals surface area (Å²) in [7, 11) is -4.03. The Balaban J connectivity index is 1.57. The van der Waals surface area contributed by atoms with Crippen molar-refractivity contribution in [1.29, 1.82) is 0 Å². The molecule has 1 aliphatic carbocycles. The zero-order valence-corrected chi connectivity index (χ0v) is 19.0. The van der Waals surface area contributed by atoms with Crippen molar-refractivity contribution in [3.63, 3.8) is 0 Å². The van der Waals surface area contributed by atoms with Gasteiger partial charge in [-0.3, -0.25) is 10.0 Å². The number of hydrogen-bond acceptors (Lipinski definition) is 5. The van der Waals surface area contributed by atoms with Crippen LogP contribution in [0.1, 0.15) is 32.1 Å². The third kappa shape index (κ3) is 5.06. The summed E-state index contributed by atoms with van der Waals surface area (Å²) < 4.78 is 69.0. The average molecular weight is 499 g/mol. The molecule has 1 heterocycles. The number of rotatable bonds is 5. The van der Waals surface area contributed by atoms with Crippen LogP contribution < -0.4 is 10.2 Å². The molecule has 7 nitrogen and oxygen atoms in total. The molecule has 2 aliphatic rings. The van der Waals surface area contributed by atoms with Gasteiger partial charge in [0.05, 0.1) is 4.90 Å². The van der Waals surface area contributed by atoms with Crippen LogP contribution in [0.3, 0.4) is 0 Å². The summed E-state index contributed by atoms with van der Waals surface area (Å²) in [6.45, 7) is 0.185. The lowest BCUT2D eigenvalue weighted by molar-refractivity contribution is -0.274. The Morgan fingerprint density at radius 2 is 1.56 bits per heavy atom. The summed E-state index contributed by atoms with van der Waals surface area (Å²) in [4.78, 5) is 12.5. The Hall–Kier alpha value is -2.63. The molecule has 3 unspecified atom stereocenters. The number of carbonyl (C=O) groups excluding carboxylic acids is 1. The Morgan fingerprint density at radius 3 is 2.15 bits per heavy atom. The van der Waals surface area contributed by atoms with Gasteiger partial charge in [0.15, 0.2) is 0 Å². The first-order valence-corrected chi connectivity index (χ1v) is 12.5. The normalized spacial score (nSPS) is 23.7. The van der Waals surface area contributed by atoms with E-state index in [2.05, 4.69) is 4.74 Å². The van der Waals surface area contributed by atoms with Crippen LogP contribution in [-0.2, 0) is 14.8 Å². The van der Waals surface area contributed by atoms with Crippen molar-refractivity contribution in [3.8, 4) is 16.9 Å². The fourth-order valence-corrected chi connectivity index (χ4v) is 6.77. The van der Waals surface area contributed by atoms with Gasteiger partial charge < -0.3 is 4.74 Å². The SMILES string of the molecule is O=C(NO)C1C2CCCCC2CCN1S(=O)(=O)c1ccc(-c2ccc(OC(F)(F)F)cc2)cc1. The first-order valence-electron chi connectivity index (χ1n) is 11.0. The molecule has 11 heteroatoms. The Labute approximate surface area is 195 Å². The number of amides is 1. The molecular formula is C23H25F3N2O5S. The lowest BCUT2D eigenvalue weighted by Crippen LogP contribution is -2.58. The van der Waals surface area contributed by atoms with Gasteiger partial charge in [0.25, 0.3) is 5.91 Å². The fourth-order valence-electron chi connectivity index (χ4n) is 5.12. The van der Waals surface area contributed by atoms with Gasteiger partial charge in [-0.2, -0.15) is 4.31 Å². The van der Waals surface area contributed by atoms with E-state index in [1.165, 1.54) is 40.7 Å². The highest BCUT2D eigenvalue weighted by molar-refractivity contribution is 7.89. The average Bonchev–Trinajstić information content (AvgIpc) is 2.82. The minimum atomic E-state index is -4.78. The lowest BCUT2D eigenvalue weighted by Gasteiger charge is -2.45. The molecule has 3 atom stereocenters. The summed E-state index contributed by atoms with van der Waals surface area (Å²) in [6, 6.07) is 10.2. The predicted octanol–water partition coefficient (Wildman–Crippen LogP) is 4.33. The van der Waals surface area contributed by atoms with Gasteiger partial charge in [0.2, 0.25) is 10.0 Å². The third-order valence-corrected chi connectivity index (χ3v) is 8.56. The summed E-state index contributed by atoms with van der Waals surface area (Å²) in [5.74, 6) is -0.983. The van der Waals surface area contributed by atoms with E-state index in [1.807, 2.05) is 0 Å². The number of hydroxylamine groups is 1. The molecule has 2 aromatic rings. The first kappa shape index (κ1) is 24.5. The zero-order chi connectivity index (χ0) is 24.5. The number of benzene rings is 2. The molecule has 1 amide bonds. The minimum absolute atomic E-state index is 0.00160. The molecule has 4 rings (SSSR count). The largest absolute Gasteiger partial charge is 0.573 e. The number of halogens is 3. The molecule has 1 saturated heterocycles. The van der Waals surface area contributed by atoms with Crippen LogP contribution in [0.25, 0.3) is 11.1 Å². The summed E-state index contributed by atoms with van der Waals surface area (Å²) in [5, 5.41) is 9.28. The van der Waals surface area contributed by atoms with Crippen LogP contribution >= 0.6 is 0 Å². The number of fused-ring (bicyclic) bond motifs is 1. The molecule has 2 N–H and O–H groups in total. The highest BCUT2D eigenvalue weighted by atomic mass is 32.2. The predicted molar refractivity (Wildman–Crippen MR) is 116 cm³/mol. The first-order chi connectivity index (χ1) is 16.1. The standard InChI is InChI=1S/C23H25F3N2O5S/c24-23(25,26)33-18-9-5-15(6-10-18)16-7-11-19(12-8-16)34(31,32)28-14-13-17-3-1-2-4-20(17)21(28)22(29)27-30/h5-12,17,20-21,30H,1-4,13-14H2,(H,27,29). The van der Waals surface area contributed by atoms with Crippen LogP contribution in [0.4, 0.5) is 13.2 Å².